The monoisotopic (exact) mass is 335 g/mol. The zero-order valence-electron chi connectivity index (χ0n) is 14.3. The molecule has 2 aromatic heterocycles. The van der Waals surface area contributed by atoms with E-state index in [1.165, 1.54) is 11.1 Å². The Morgan fingerprint density at radius 3 is 2.88 bits per heavy atom. The van der Waals surface area contributed by atoms with Gasteiger partial charge < -0.3 is 9.72 Å². The predicted octanol–water partition coefficient (Wildman–Crippen LogP) is 3.40. The second kappa shape index (κ2) is 6.59. The van der Waals surface area contributed by atoms with E-state index >= 15 is 0 Å². The van der Waals surface area contributed by atoms with Crippen LogP contribution in [0.1, 0.15) is 34.1 Å². The van der Waals surface area contributed by atoms with Crippen LogP contribution in [0.4, 0.5) is 0 Å². The second-order valence-electron chi connectivity index (χ2n) is 6.25. The zero-order chi connectivity index (χ0) is 17.2. The molecular weight excluding hydrogens is 314 g/mol. The van der Waals surface area contributed by atoms with Crippen molar-refractivity contribution in [2.24, 2.45) is 0 Å². The number of ether oxygens (including phenoxy) is 1. The lowest BCUT2D eigenvalue weighted by Crippen LogP contribution is -2.10. The number of fused-ring (bicyclic) bond motifs is 3. The number of rotatable bonds is 5. The third-order valence-corrected chi connectivity index (χ3v) is 4.71. The first-order chi connectivity index (χ1) is 12.3. The van der Waals surface area contributed by atoms with Gasteiger partial charge in [-0.25, -0.2) is 4.79 Å². The Balaban J connectivity index is 1.72. The van der Waals surface area contributed by atoms with Crippen LogP contribution >= 0.6 is 0 Å². The lowest BCUT2D eigenvalue weighted by atomic mass is 9.92. The Labute approximate surface area is 146 Å². The van der Waals surface area contributed by atoms with Gasteiger partial charge in [0.05, 0.1) is 12.3 Å². The SMILES string of the molecule is CCOC(=O)c1nn(CCc2ccccc2)c2c1CCc1c[nH]cc1-2. The van der Waals surface area contributed by atoms with Gasteiger partial charge in [-0.15, -0.1) is 0 Å². The number of hydrogen-bond donors (Lipinski definition) is 1. The maximum Gasteiger partial charge on any atom is 0.359 e. The van der Waals surface area contributed by atoms with Crippen LogP contribution in [0.25, 0.3) is 11.3 Å². The molecular formula is C20H21N3O2. The fraction of sp³-hybridized carbons (Fsp3) is 0.300. The molecule has 0 aliphatic heterocycles. The fourth-order valence-electron chi connectivity index (χ4n) is 3.53. The first kappa shape index (κ1) is 15.7. The van der Waals surface area contributed by atoms with Crippen molar-refractivity contribution in [3.8, 4) is 11.3 Å². The largest absolute Gasteiger partial charge is 0.461 e. The highest BCUT2D eigenvalue weighted by atomic mass is 16.5. The number of benzene rings is 1. The highest BCUT2D eigenvalue weighted by Crippen LogP contribution is 2.35. The number of hydrogen-bond acceptors (Lipinski definition) is 3. The van der Waals surface area contributed by atoms with Gasteiger partial charge in [-0.1, -0.05) is 30.3 Å². The molecule has 3 aromatic rings. The minimum Gasteiger partial charge on any atom is -0.461 e. The molecule has 4 rings (SSSR count). The number of H-pyrrole nitrogens is 1. The minimum absolute atomic E-state index is 0.323. The van der Waals surface area contributed by atoms with Gasteiger partial charge in [-0.05, 0) is 37.3 Å². The number of nitrogens with one attached hydrogen (secondary N) is 1. The first-order valence-electron chi connectivity index (χ1n) is 8.74. The lowest BCUT2D eigenvalue weighted by Gasteiger charge is -2.15. The van der Waals surface area contributed by atoms with Crippen molar-refractivity contribution in [3.05, 3.63) is 65.1 Å². The molecule has 0 radical (unpaired) electrons. The fourth-order valence-corrected chi connectivity index (χ4v) is 3.53. The number of carbonyl (C=O) groups excluding carboxylic acids is 1. The summed E-state index contributed by atoms with van der Waals surface area (Å²) in [7, 11) is 0. The highest BCUT2D eigenvalue weighted by molar-refractivity contribution is 5.92. The van der Waals surface area contributed by atoms with Gasteiger partial charge in [-0.2, -0.15) is 5.10 Å². The maximum absolute atomic E-state index is 12.3. The van der Waals surface area contributed by atoms with Crippen LogP contribution in [0.3, 0.4) is 0 Å². The maximum atomic E-state index is 12.3. The van der Waals surface area contributed by atoms with E-state index in [1.54, 1.807) is 0 Å². The third kappa shape index (κ3) is 2.86. The van der Waals surface area contributed by atoms with E-state index in [0.29, 0.717) is 12.3 Å². The van der Waals surface area contributed by atoms with Crippen molar-refractivity contribution >= 4 is 5.97 Å². The molecule has 0 bridgehead atoms. The number of carbonyl (C=O) groups is 1. The van der Waals surface area contributed by atoms with Crippen LogP contribution < -0.4 is 0 Å². The Kier molecular flexibility index (Phi) is 4.14. The molecule has 0 amide bonds. The summed E-state index contributed by atoms with van der Waals surface area (Å²) in [5, 5.41) is 4.63. The van der Waals surface area contributed by atoms with Gasteiger partial charge in [0.1, 0.15) is 0 Å². The summed E-state index contributed by atoms with van der Waals surface area (Å²) in [6.45, 7) is 2.91. The minimum atomic E-state index is -0.323. The van der Waals surface area contributed by atoms with E-state index < -0.39 is 0 Å². The van der Waals surface area contributed by atoms with Crippen LogP contribution in [0.5, 0.6) is 0 Å². The van der Waals surface area contributed by atoms with Crippen molar-refractivity contribution in [2.75, 3.05) is 6.61 Å². The second-order valence-corrected chi connectivity index (χ2v) is 6.25. The van der Waals surface area contributed by atoms with Crippen molar-refractivity contribution in [1.82, 2.24) is 14.8 Å². The molecule has 5 heteroatoms. The predicted molar refractivity (Wildman–Crippen MR) is 95.5 cm³/mol. The van der Waals surface area contributed by atoms with E-state index in [-0.39, 0.29) is 5.97 Å². The summed E-state index contributed by atoms with van der Waals surface area (Å²) in [5.41, 5.74) is 6.23. The number of aryl methyl sites for hydroxylation is 3. The molecule has 0 fully saturated rings. The van der Waals surface area contributed by atoms with E-state index in [9.17, 15) is 4.79 Å². The molecule has 128 valence electrons. The molecule has 1 aliphatic carbocycles. The summed E-state index contributed by atoms with van der Waals surface area (Å²) in [5.74, 6) is -0.323. The molecule has 2 heterocycles. The van der Waals surface area contributed by atoms with Gasteiger partial charge >= 0.3 is 5.97 Å². The smallest absolute Gasteiger partial charge is 0.359 e. The lowest BCUT2D eigenvalue weighted by molar-refractivity contribution is 0.0517. The normalized spacial score (nSPS) is 12.5. The van der Waals surface area contributed by atoms with Crippen LogP contribution in [0, 0.1) is 0 Å². The van der Waals surface area contributed by atoms with E-state index in [2.05, 4.69) is 22.2 Å². The Morgan fingerprint density at radius 1 is 1.24 bits per heavy atom. The summed E-state index contributed by atoms with van der Waals surface area (Å²) >= 11 is 0. The van der Waals surface area contributed by atoms with Gasteiger partial charge in [-0.3, -0.25) is 4.68 Å². The van der Waals surface area contributed by atoms with Crippen molar-refractivity contribution < 1.29 is 9.53 Å². The van der Waals surface area contributed by atoms with Gasteiger partial charge in [0, 0.05) is 30.1 Å². The molecule has 0 saturated carbocycles. The molecule has 1 aromatic carbocycles. The third-order valence-electron chi connectivity index (χ3n) is 4.71. The molecule has 0 atom stereocenters. The summed E-state index contributed by atoms with van der Waals surface area (Å²) in [6.07, 6.45) is 6.65. The average molecular weight is 335 g/mol. The van der Waals surface area contributed by atoms with Crippen LogP contribution in [-0.4, -0.2) is 27.3 Å². The summed E-state index contributed by atoms with van der Waals surface area (Å²) in [6, 6.07) is 10.3. The van der Waals surface area contributed by atoms with Crippen LogP contribution in [0.2, 0.25) is 0 Å². The van der Waals surface area contributed by atoms with E-state index in [1.807, 2.05) is 42.2 Å². The van der Waals surface area contributed by atoms with E-state index in [0.717, 1.165) is 42.6 Å². The number of aromatic amines is 1. The average Bonchev–Trinajstić information content (AvgIpc) is 3.25. The summed E-state index contributed by atoms with van der Waals surface area (Å²) in [4.78, 5) is 15.5. The van der Waals surface area contributed by atoms with E-state index in [4.69, 9.17) is 4.74 Å². The highest BCUT2D eigenvalue weighted by Gasteiger charge is 2.29. The summed E-state index contributed by atoms with van der Waals surface area (Å²) < 4.78 is 7.19. The zero-order valence-corrected chi connectivity index (χ0v) is 14.3. The topological polar surface area (TPSA) is 59.9 Å². The Morgan fingerprint density at radius 2 is 2.08 bits per heavy atom. The quantitative estimate of drug-likeness (QED) is 0.727. The van der Waals surface area contributed by atoms with Gasteiger partial charge in [0.2, 0.25) is 0 Å². The number of aromatic nitrogens is 3. The van der Waals surface area contributed by atoms with Crippen molar-refractivity contribution in [2.45, 2.75) is 32.7 Å². The van der Waals surface area contributed by atoms with Gasteiger partial charge in [0.15, 0.2) is 5.69 Å². The van der Waals surface area contributed by atoms with Crippen LogP contribution in [-0.2, 0) is 30.5 Å². The van der Waals surface area contributed by atoms with Gasteiger partial charge in [0.25, 0.3) is 0 Å². The molecule has 0 spiro atoms. The van der Waals surface area contributed by atoms with Crippen LogP contribution in [0.15, 0.2) is 42.7 Å². The van der Waals surface area contributed by atoms with Crippen molar-refractivity contribution in [1.29, 1.82) is 0 Å². The number of nitrogens with zero attached hydrogens (tertiary/aromatic N) is 2. The first-order valence-corrected chi connectivity index (χ1v) is 8.74. The molecule has 1 aliphatic rings. The Hall–Kier alpha value is -2.82. The van der Waals surface area contributed by atoms with Crippen molar-refractivity contribution in [3.63, 3.8) is 0 Å². The Bertz CT molecular complexity index is 893. The standard InChI is InChI=1S/C20H21N3O2/c1-2-25-20(24)18-16-9-8-15-12-21-13-17(15)19(16)23(22-18)11-10-14-6-4-3-5-7-14/h3-7,12-13,21H,2,8-11H2,1H3. The molecule has 1 N–H and O–H groups in total. The molecule has 0 saturated heterocycles. The molecule has 25 heavy (non-hydrogen) atoms. The molecule has 5 nitrogen and oxygen atoms in total. The number of esters is 1. The molecule has 0 unspecified atom stereocenters.